The van der Waals surface area contributed by atoms with Crippen molar-refractivity contribution in [3.05, 3.63) is 101 Å². The molecule has 2 atom stereocenters. The van der Waals surface area contributed by atoms with Crippen molar-refractivity contribution in [2.45, 2.75) is 24.9 Å². The molecule has 2 heterocycles. The first-order valence-electron chi connectivity index (χ1n) is 12.0. The Morgan fingerprint density at radius 1 is 0.974 bits per heavy atom. The van der Waals surface area contributed by atoms with E-state index >= 15 is 0 Å². The molecular weight excluding hydrogens is 507 g/mol. The molecule has 0 unspecified atom stereocenters. The van der Waals surface area contributed by atoms with Gasteiger partial charge in [0.25, 0.3) is 11.5 Å². The highest BCUT2D eigenvalue weighted by molar-refractivity contribution is 6.04. The van der Waals surface area contributed by atoms with Crippen LogP contribution < -0.4 is 16.2 Å². The number of aromatic amines is 1. The quantitative estimate of drug-likeness (QED) is 0.233. The smallest absolute Gasteiger partial charge is 0.305 e. The molecule has 0 spiro atoms. The molecule has 11 heteroatoms. The lowest BCUT2D eigenvalue weighted by Gasteiger charge is -2.23. The van der Waals surface area contributed by atoms with E-state index in [2.05, 4.69) is 15.6 Å². The van der Waals surface area contributed by atoms with Gasteiger partial charge in [-0.3, -0.25) is 24.0 Å². The second-order valence-electron chi connectivity index (χ2n) is 8.79. The number of aliphatic carboxylic acids is 1. The summed E-state index contributed by atoms with van der Waals surface area (Å²) in [6.45, 7) is -1.47. The van der Waals surface area contributed by atoms with Crippen LogP contribution in [0.25, 0.3) is 10.9 Å². The first-order chi connectivity index (χ1) is 18.8. The summed E-state index contributed by atoms with van der Waals surface area (Å²) < 4.78 is 14.2. The molecule has 0 aliphatic carbocycles. The lowest BCUT2D eigenvalue weighted by atomic mass is 10.0. The third-order valence-electron chi connectivity index (χ3n) is 6.20. The molecule has 2 aromatic heterocycles. The fraction of sp³-hybridized carbons (Fsp3) is 0.179. The van der Waals surface area contributed by atoms with E-state index in [4.69, 9.17) is 5.11 Å². The molecule has 0 aliphatic rings. The van der Waals surface area contributed by atoms with E-state index in [9.17, 15) is 28.4 Å². The molecule has 0 radical (unpaired) electrons. The molecule has 39 heavy (non-hydrogen) atoms. The Labute approximate surface area is 221 Å². The Bertz CT molecular complexity index is 1580. The van der Waals surface area contributed by atoms with Crippen LogP contribution in [0.1, 0.15) is 28.4 Å². The number of Topliss-reactive ketones (excluding diaryl/α,β-unsaturated/α-hetero) is 1. The molecule has 2 aromatic carbocycles. The summed E-state index contributed by atoms with van der Waals surface area (Å²) in [5.41, 5.74) is 0.988. The number of nitrogens with one attached hydrogen (secondary N) is 3. The molecular formula is C28H25FN4O6. The van der Waals surface area contributed by atoms with Gasteiger partial charge in [-0.2, -0.15) is 0 Å². The molecule has 0 aliphatic heterocycles. The zero-order chi connectivity index (χ0) is 27.9. The van der Waals surface area contributed by atoms with Crippen LogP contribution in [-0.2, 0) is 20.8 Å². The molecule has 10 nitrogen and oxygen atoms in total. The first-order valence-corrected chi connectivity index (χ1v) is 12.0. The Morgan fingerprint density at radius 3 is 2.41 bits per heavy atom. The predicted octanol–water partition coefficient (Wildman–Crippen LogP) is 2.86. The van der Waals surface area contributed by atoms with E-state index in [0.717, 1.165) is 15.5 Å². The average Bonchev–Trinajstić information content (AvgIpc) is 3.35. The van der Waals surface area contributed by atoms with Crippen molar-refractivity contribution in [2.75, 3.05) is 12.0 Å². The number of rotatable bonds is 11. The Hall–Kier alpha value is -5.06. The van der Waals surface area contributed by atoms with Crippen LogP contribution in [0.3, 0.4) is 0 Å². The van der Waals surface area contributed by atoms with Crippen LogP contribution in [0.4, 0.5) is 10.1 Å². The number of H-pyrrole nitrogens is 1. The zero-order valence-corrected chi connectivity index (χ0v) is 20.6. The number of carbonyl (C=O) groups is 4. The van der Waals surface area contributed by atoms with Crippen LogP contribution in [0.2, 0.25) is 0 Å². The van der Waals surface area contributed by atoms with Gasteiger partial charge in [0.05, 0.1) is 6.42 Å². The van der Waals surface area contributed by atoms with Crippen molar-refractivity contribution < 1.29 is 28.7 Å². The first kappa shape index (κ1) is 27.0. The van der Waals surface area contributed by atoms with Gasteiger partial charge in [-0.15, -0.1) is 0 Å². The number of carboxylic acids is 1. The third-order valence-corrected chi connectivity index (χ3v) is 6.20. The number of aromatic nitrogens is 2. The van der Waals surface area contributed by atoms with E-state index in [1.807, 2.05) is 24.3 Å². The number of carbonyl (C=O) groups excluding carboxylic acids is 3. The zero-order valence-electron chi connectivity index (χ0n) is 20.6. The van der Waals surface area contributed by atoms with Gasteiger partial charge in [-0.25, -0.2) is 4.39 Å². The number of amides is 2. The number of anilines is 1. The van der Waals surface area contributed by atoms with Gasteiger partial charge in [0.2, 0.25) is 5.91 Å². The number of nitrogens with zero attached hydrogens (tertiary/aromatic N) is 1. The molecule has 0 fully saturated rings. The molecule has 4 aromatic rings. The van der Waals surface area contributed by atoms with Gasteiger partial charge in [-0.05, 0) is 35.9 Å². The third kappa shape index (κ3) is 6.27. The monoisotopic (exact) mass is 532 g/mol. The molecule has 0 bridgehead atoms. The number of hydrogen-bond acceptors (Lipinski definition) is 5. The molecule has 0 saturated heterocycles. The summed E-state index contributed by atoms with van der Waals surface area (Å²) in [6, 6.07) is 15.5. The molecule has 0 saturated carbocycles. The maximum Gasteiger partial charge on any atom is 0.305 e. The van der Waals surface area contributed by atoms with E-state index in [1.165, 1.54) is 18.3 Å². The summed E-state index contributed by atoms with van der Waals surface area (Å²) in [7, 11) is 0. The van der Waals surface area contributed by atoms with Crippen molar-refractivity contribution in [1.29, 1.82) is 0 Å². The standard InChI is InChI=1S/C28H25FN4O6/c29-15-24(34)22(14-25(35)36)32-27(38)23(13-18-16-30-20-10-5-4-9-19(18)20)33-12-6-11-21(28(33)39)31-26(37)17-7-2-1-3-8-17/h1-12,16,22-23,30H,13-15H2,(H,31,37)(H,32,38)(H,35,36)/t22-,23-/m0/s1. The van der Waals surface area contributed by atoms with E-state index in [1.54, 1.807) is 36.5 Å². The van der Waals surface area contributed by atoms with Crippen molar-refractivity contribution in [1.82, 2.24) is 14.9 Å². The van der Waals surface area contributed by atoms with Gasteiger partial charge in [0.1, 0.15) is 24.4 Å². The second kappa shape index (κ2) is 12.0. The Kier molecular flexibility index (Phi) is 8.30. The number of ketones is 1. The van der Waals surface area contributed by atoms with Gasteiger partial charge >= 0.3 is 5.97 Å². The summed E-state index contributed by atoms with van der Waals surface area (Å²) in [6.07, 6.45) is 2.17. The minimum atomic E-state index is -1.62. The second-order valence-corrected chi connectivity index (χ2v) is 8.79. The highest BCUT2D eigenvalue weighted by Gasteiger charge is 2.30. The summed E-state index contributed by atoms with van der Waals surface area (Å²) in [5.74, 6) is -3.90. The van der Waals surface area contributed by atoms with E-state index < -0.39 is 54.3 Å². The maximum absolute atomic E-state index is 13.5. The minimum Gasteiger partial charge on any atom is -0.481 e. The highest BCUT2D eigenvalue weighted by Crippen LogP contribution is 2.23. The number of benzene rings is 2. The topological polar surface area (TPSA) is 150 Å². The Balaban J connectivity index is 1.71. The van der Waals surface area contributed by atoms with Gasteiger partial charge in [0.15, 0.2) is 5.78 Å². The maximum atomic E-state index is 13.5. The van der Waals surface area contributed by atoms with Crippen LogP contribution in [-0.4, -0.2) is 50.9 Å². The van der Waals surface area contributed by atoms with Crippen molar-refractivity contribution in [2.24, 2.45) is 0 Å². The fourth-order valence-electron chi connectivity index (χ4n) is 4.24. The number of pyridine rings is 1. The summed E-state index contributed by atoms with van der Waals surface area (Å²) >= 11 is 0. The fourth-order valence-corrected chi connectivity index (χ4v) is 4.24. The highest BCUT2D eigenvalue weighted by atomic mass is 19.1. The van der Waals surface area contributed by atoms with Crippen molar-refractivity contribution in [3.63, 3.8) is 0 Å². The molecule has 200 valence electrons. The SMILES string of the molecule is O=C(O)C[C@H](NC(=O)[C@H](Cc1c[nH]c2ccccc12)n1cccc(NC(=O)c2ccccc2)c1=O)C(=O)CF. The summed E-state index contributed by atoms with van der Waals surface area (Å²) in [4.78, 5) is 66.0. The van der Waals surface area contributed by atoms with Crippen LogP contribution in [0.5, 0.6) is 0 Å². The number of carboxylic acid groups (broad SMARTS) is 1. The van der Waals surface area contributed by atoms with Gasteiger partial charge in [-0.1, -0.05) is 36.4 Å². The summed E-state index contributed by atoms with van der Waals surface area (Å²) in [5, 5.41) is 14.8. The average molecular weight is 533 g/mol. The van der Waals surface area contributed by atoms with Crippen LogP contribution in [0.15, 0.2) is 83.9 Å². The lowest BCUT2D eigenvalue weighted by Crippen LogP contribution is -2.47. The lowest BCUT2D eigenvalue weighted by molar-refractivity contribution is -0.140. The molecule has 4 rings (SSSR count). The van der Waals surface area contributed by atoms with Crippen molar-refractivity contribution >= 4 is 40.2 Å². The number of halogens is 1. The largest absolute Gasteiger partial charge is 0.481 e. The van der Waals surface area contributed by atoms with Crippen LogP contribution >= 0.6 is 0 Å². The van der Waals surface area contributed by atoms with E-state index in [-0.39, 0.29) is 12.1 Å². The number of alkyl halides is 1. The molecule has 2 amide bonds. The van der Waals surface area contributed by atoms with Crippen LogP contribution in [0, 0.1) is 0 Å². The molecule has 4 N–H and O–H groups in total. The van der Waals surface area contributed by atoms with Crippen molar-refractivity contribution in [3.8, 4) is 0 Å². The normalized spacial score (nSPS) is 12.4. The Morgan fingerprint density at radius 2 is 1.69 bits per heavy atom. The number of hydrogen-bond donors (Lipinski definition) is 4. The minimum absolute atomic E-state index is 0.0323. The number of para-hydroxylation sites is 1. The number of fused-ring (bicyclic) bond motifs is 1. The predicted molar refractivity (Wildman–Crippen MR) is 141 cm³/mol. The van der Waals surface area contributed by atoms with Gasteiger partial charge < -0.3 is 25.3 Å². The van der Waals surface area contributed by atoms with E-state index in [0.29, 0.717) is 11.1 Å². The van der Waals surface area contributed by atoms with Gasteiger partial charge in [0, 0.05) is 35.3 Å².